The molecule has 0 aromatic carbocycles. The van der Waals surface area contributed by atoms with Gasteiger partial charge in [0.25, 0.3) is 0 Å². The third kappa shape index (κ3) is 3.09. The number of nitrogens with zero attached hydrogens (tertiary/aromatic N) is 4. The van der Waals surface area contributed by atoms with Gasteiger partial charge in [0.05, 0.1) is 0 Å². The van der Waals surface area contributed by atoms with Crippen molar-refractivity contribution < 1.29 is 13.2 Å². The zero-order chi connectivity index (χ0) is 15.9. The van der Waals surface area contributed by atoms with Gasteiger partial charge in [0, 0.05) is 6.04 Å². The number of hydrogen-bond donors (Lipinski definition) is 0. The Balaban J connectivity index is 1.97. The molecule has 2 heterocycles. The number of alkyl halides is 3. The normalized spacial score (nSPS) is 20.5. The summed E-state index contributed by atoms with van der Waals surface area (Å²) < 4.78 is 38.5. The summed E-state index contributed by atoms with van der Waals surface area (Å²) in [5, 5.41) is 0.0356. The van der Waals surface area contributed by atoms with Crippen LogP contribution in [-0.4, -0.2) is 33.7 Å². The maximum absolute atomic E-state index is 12.8. The summed E-state index contributed by atoms with van der Waals surface area (Å²) in [5.74, 6) is 0.869. The highest BCUT2D eigenvalue weighted by Gasteiger charge is 2.37. The third-order valence-electron chi connectivity index (χ3n) is 3.89. The van der Waals surface area contributed by atoms with Gasteiger partial charge in [-0.05, 0) is 49.4 Å². The van der Waals surface area contributed by atoms with Gasteiger partial charge in [-0.3, -0.25) is 0 Å². The molecule has 4 nitrogen and oxygen atoms in total. The van der Waals surface area contributed by atoms with E-state index in [0.717, 1.165) is 18.9 Å². The number of halogens is 4. The van der Waals surface area contributed by atoms with Gasteiger partial charge in [0.15, 0.2) is 5.84 Å². The molecule has 0 amide bonds. The second-order valence-electron chi connectivity index (χ2n) is 5.46. The van der Waals surface area contributed by atoms with Crippen LogP contribution in [0.15, 0.2) is 28.2 Å². The Labute approximate surface area is 130 Å². The van der Waals surface area contributed by atoms with E-state index in [4.69, 9.17) is 11.6 Å². The third-order valence-corrected chi connectivity index (χ3v) is 4.09. The van der Waals surface area contributed by atoms with Crippen molar-refractivity contribution >= 4 is 22.7 Å². The molecule has 0 spiro atoms. The highest BCUT2D eigenvalue weighted by atomic mass is 35.5. The lowest BCUT2D eigenvalue weighted by molar-refractivity contribution is -0.141. The average Bonchev–Trinajstić information content (AvgIpc) is 3.30. The van der Waals surface area contributed by atoms with Crippen LogP contribution in [0.25, 0.3) is 0 Å². The molecule has 8 heteroatoms. The number of pyridine rings is 1. The fraction of sp³-hybridized carbons (Fsp3) is 0.500. The zero-order valence-electron chi connectivity index (χ0n) is 11.8. The van der Waals surface area contributed by atoms with E-state index in [-0.39, 0.29) is 23.7 Å². The second-order valence-corrected chi connectivity index (χ2v) is 5.80. The van der Waals surface area contributed by atoms with Crippen LogP contribution < -0.4 is 0 Å². The van der Waals surface area contributed by atoms with E-state index < -0.39 is 11.9 Å². The summed E-state index contributed by atoms with van der Waals surface area (Å²) in [5.41, 5.74) is -0.777. The van der Waals surface area contributed by atoms with Gasteiger partial charge in [0.1, 0.15) is 18.1 Å². The van der Waals surface area contributed by atoms with Crippen molar-refractivity contribution in [2.75, 3.05) is 6.67 Å². The molecule has 1 aromatic heterocycles. The van der Waals surface area contributed by atoms with E-state index in [2.05, 4.69) is 15.0 Å². The van der Waals surface area contributed by atoms with Crippen molar-refractivity contribution in [2.45, 2.75) is 32.0 Å². The summed E-state index contributed by atoms with van der Waals surface area (Å²) in [7, 11) is 0. The van der Waals surface area contributed by atoms with E-state index in [1.165, 1.54) is 12.1 Å². The molecule has 1 atom stereocenters. The van der Waals surface area contributed by atoms with Crippen molar-refractivity contribution in [3.05, 3.63) is 29.6 Å². The second kappa shape index (κ2) is 5.53. The summed E-state index contributed by atoms with van der Waals surface area (Å²) in [4.78, 5) is 13.7. The maximum atomic E-state index is 12.8. The van der Waals surface area contributed by atoms with Crippen LogP contribution in [0.5, 0.6) is 0 Å². The van der Waals surface area contributed by atoms with Crippen LogP contribution in [0.3, 0.4) is 0 Å². The lowest BCUT2D eigenvalue weighted by atomic mass is 10.1. The summed E-state index contributed by atoms with van der Waals surface area (Å²) in [6.07, 6.45) is -2.27. The minimum Gasteiger partial charge on any atom is -0.332 e. The van der Waals surface area contributed by atoms with Gasteiger partial charge in [0.2, 0.25) is 5.29 Å². The van der Waals surface area contributed by atoms with E-state index in [9.17, 15) is 13.2 Å². The molecule has 0 radical (unpaired) electrons. The molecule has 1 aliphatic carbocycles. The SMILES string of the molecule is C[C@H](C1CC1)N1CN=C(Cl)N=C1c1cccc(C(F)(F)F)n1. The predicted octanol–water partition coefficient (Wildman–Crippen LogP) is 3.51. The van der Waals surface area contributed by atoms with Crippen LogP contribution in [0.4, 0.5) is 13.2 Å². The molecule has 0 saturated heterocycles. The van der Waals surface area contributed by atoms with Crippen LogP contribution in [0.2, 0.25) is 0 Å². The zero-order valence-corrected chi connectivity index (χ0v) is 12.6. The van der Waals surface area contributed by atoms with Crippen molar-refractivity contribution in [1.82, 2.24) is 9.88 Å². The summed E-state index contributed by atoms with van der Waals surface area (Å²) in [6.45, 7) is 2.31. The van der Waals surface area contributed by atoms with Gasteiger partial charge in [-0.2, -0.15) is 18.2 Å². The molecule has 118 valence electrons. The van der Waals surface area contributed by atoms with Crippen LogP contribution in [0, 0.1) is 5.92 Å². The lowest BCUT2D eigenvalue weighted by Crippen LogP contribution is -2.43. The highest BCUT2D eigenvalue weighted by molar-refractivity contribution is 6.65. The summed E-state index contributed by atoms with van der Waals surface area (Å²) in [6, 6.07) is 3.92. The first-order chi connectivity index (χ1) is 10.4. The standard InChI is InChI=1S/C14H14ClF3N4/c1-8(9-5-6-9)22-7-19-13(15)21-12(22)10-3-2-4-11(20-10)14(16,17)18/h2-4,8-9H,5-7H2,1H3/t8-/m1/s1. The Bertz CT molecular complexity index is 637. The molecule has 22 heavy (non-hydrogen) atoms. The molecule has 0 N–H and O–H groups in total. The molecule has 1 aliphatic heterocycles. The van der Waals surface area contributed by atoms with E-state index >= 15 is 0 Å². The molecule has 0 unspecified atom stereocenters. The molecule has 0 bridgehead atoms. The van der Waals surface area contributed by atoms with E-state index in [1.807, 2.05) is 11.8 Å². The van der Waals surface area contributed by atoms with Crippen LogP contribution >= 0.6 is 11.6 Å². The van der Waals surface area contributed by atoms with Crippen LogP contribution in [0.1, 0.15) is 31.2 Å². The largest absolute Gasteiger partial charge is 0.433 e. The topological polar surface area (TPSA) is 40.9 Å². The number of aliphatic imine (C=N–C) groups is 2. The smallest absolute Gasteiger partial charge is 0.332 e. The number of amidine groups is 2. The van der Waals surface area contributed by atoms with Crippen molar-refractivity contribution in [1.29, 1.82) is 0 Å². The Kier molecular flexibility index (Phi) is 3.84. The first-order valence-corrected chi connectivity index (χ1v) is 7.34. The molecular formula is C14H14ClF3N4. The number of hydrogen-bond acceptors (Lipinski definition) is 4. The Morgan fingerprint density at radius 1 is 1.32 bits per heavy atom. The number of aromatic nitrogens is 1. The molecule has 1 fully saturated rings. The quantitative estimate of drug-likeness (QED) is 0.796. The van der Waals surface area contributed by atoms with Crippen molar-refractivity contribution in [3.63, 3.8) is 0 Å². The fourth-order valence-corrected chi connectivity index (χ4v) is 2.60. The minimum atomic E-state index is -4.49. The fourth-order valence-electron chi connectivity index (χ4n) is 2.46. The molecule has 1 saturated carbocycles. The predicted molar refractivity (Wildman–Crippen MR) is 78.0 cm³/mol. The molecular weight excluding hydrogens is 317 g/mol. The Morgan fingerprint density at radius 3 is 2.68 bits per heavy atom. The van der Waals surface area contributed by atoms with Gasteiger partial charge in [-0.15, -0.1) is 0 Å². The Morgan fingerprint density at radius 2 is 2.05 bits per heavy atom. The van der Waals surface area contributed by atoms with Gasteiger partial charge in [-0.1, -0.05) is 6.07 Å². The highest BCUT2D eigenvalue weighted by Crippen LogP contribution is 2.36. The van der Waals surface area contributed by atoms with Crippen molar-refractivity contribution in [3.8, 4) is 0 Å². The van der Waals surface area contributed by atoms with Gasteiger partial charge < -0.3 is 4.90 Å². The maximum Gasteiger partial charge on any atom is 0.433 e. The molecule has 3 rings (SSSR count). The first-order valence-electron chi connectivity index (χ1n) is 6.96. The van der Waals surface area contributed by atoms with Gasteiger partial charge in [-0.25, -0.2) is 9.98 Å². The van der Waals surface area contributed by atoms with E-state index in [0.29, 0.717) is 11.8 Å². The average molecular weight is 331 g/mol. The molecule has 2 aliphatic rings. The van der Waals surface area contributed by atoms with Gasteiger partial charge >= 0.3 is 6.18 Å². The monoisotopic (exact) mass is 330 g/mol. The summed E-state index contributed by atoms with van der Waals surface area (Å²) >= 11 is 5.84. The Hall–Kier alpha value is -1.63. The molecule has 1 aromatic rings. The van der Waals surface area contributed by atoms with Crippen LogP contribution in [-0.2, 0) is 6.18 Å². The first kappa shape index (κ1) is 15.3. The number of rotatable bonds is 3. The van der Waals surface area contributed by atoms with E-state index in [1.54, 1.807) is 0 Å². The minimum absolute atomic E-state index is 0.0356. The van der Waals surface area contributed by atoms with Crippen molar-refractivity contribution in [2.24, 2.45) is 15.9 Å². The lowest BCUT2D eigenvalue weighted by Gasteiger charge is -2.32.